The van der Waals surface area contributed by atoms with E-state index >= 15 is 0 Å². The van der Waals surface area contributed by atoms with Crippen LogP contribution in [-0.4, -0.2) is 37.1 Å². The first-order chi connectivity index (χ1) is 9.28. The molecule has 0 aromatic heterocycles. The van der Waals surface area contributed by atoms with Crippen LogP contribution in [0.3, 0.4) is 0 Å². The maximum atomic E-state index is 6.08. The predicted octanol–water partition coefficient (Wildman–Crippen LogP) is 3.75. The topological polar surface area (TPSA) is 6.48 Å². The van der Waals surface area contributed by atoms with Gasteiger partial charge in [0.15, 0.2) is 0 Å². The standard InChI is InChI=1S/C15H20Cl2N2/c16-10-12-9-13(17)4-5-15(12)19-8-2-7-18-6-1-3-14(18)11-19/h4-5,9,14H,1-3,6-8,10-11H2. The molecule has 1 unspecified atom stereocenters. The lowest BCUT2D eigenvalue weighted by Gasteiger charge is -2.28. The van der Waals surface area contributed by atoms with Gasteiger partial charge in [0, 0.05) is 42.3 Å². The van der Waals surface area contributed by atoms with Crippen molar-refractivity contribution in [2.75, 3.05) is 31.1 Å². The van der Waals surface area contributed by atoms with Crippen LogP contribution in [0.15, 0.2) is 18.2 Å². The zero-order valence-electron chi connectivity index (χ0n) is 11.1. The molecule has 0 aliphatic carbocycles. The summed E-state index contributed by atoms with van der Waals surface area (Å²) in [5.41, 5.74) is 2.42. The van der Waals surface area contributed by atoms with Gasteiger partial charge in [-0.15, -0.1) is 11.6 Å². The van der Waals surface area contributed by atoms with Crippen molar-refractivity contribution >= 4 is 28.9 Å². The van der Waals surface area contributed by atoms with Crippen LogP contribution in [0.2, 0.25) is 5.02 Å². The summed E-state index contributed by atoms with van der Waals surface area (Å²) in [6, 6.07) is 6.83. The monoisotopic (exact) mass is 298 g/mol. The van der Waals surface area contributed by atoms with Crippen molar-refractivity contribution < 1.29 is 0 Å². The second-order valence-corrected chi connectivity index (χ2v) is 6.24. The zero-order valence-corrected chi connectivity index (χ0v) is 12.6. The van der Waals surface area contributed by atoms with E-state index in [1.807, 2.05) is 12.1 Å². The van der Waals surface area contributed by atoms with Crippen LogP contribution in [0.1, 0.15) is 24.8 Å². The number of fused-ring (bicyclic) bond motifs is 1. The summed E-state index contributed by atoms with van der Waals surface area (Å²) in [4.78, 5) is 5.15. The van der Waals surface area contributed by atoms with Gasteiger partial charge >= 0.3 is 0 Å². The first-order valence-corrected chi connectivity index (χ1v) is 8.02. The molecular formula is C15H20Cl2N2. The third kappa shape index (κ3) is 2.86. The Labute approximate surface area is 125 Å². The lowest BCUT2D eigenvalue weighted by molar-refractivity contribution is 0.273. The predicted molar refractivity (Wildman–Crippen MR) is 82.4 cm³/mol. The van der Waals surface area contributed by atoms with Crippen molar-refractivity contribution in [2.45, 2.75) is 31.2 Å². The Bertz CT molecular complexity index is 450. The Morgan fingerprint density at radius 2 is 2.00 bits per heavy atom. The van der Waals surface area contributed by atoms with Gasteiger partial charge < -0.3 is 4.90 Å². The van der Waals surface area contributed by atoms with E-state index in [1.165, 1.54) is 38.0 Å². The Hall–Kier alpha value is -0.440. The maximum absolute atomic E-state index is 6.08. The molecule has 1 atom stereocenters. The van der Waals surface area contributed by atoms with Crippen molar-refractivity contribution in [3.63, 3.8) is 0 Å². The minimum Gasteiger partial charge on any atom is -0.370 e. The minimum absolute atomic E-state index is 0.529. The Balaban J connectivity index is 1.84. The highest BCUT2D eigenvalue weighted by atomic mass is 35.5. The highest BCUT2D eigenvalue weighted by Crippen LogP contribution is 2.29. The van der Waals surface area contributed by atoms with E-state index in [9.17, 15) is 0 Å². The Morgan fingerprint density at radius 3 is 2.84 bits per heavy atom. The lowest BCUT2D eigenvalue weighted by atomic mass is 10.1. The second-order valence-electron chi connectivity index (χ2n) is 5.54. The number of halogens is 2. The van der Waals surface area contributed by atoms with Crippen LogP contribution in [-0.2, 0) is 5.88 Å². The van der Waals surface area contributed by atoms with E-state index in [2.05, 4.69) is 15.9 Å². The fourth-order valence-electron chi connectivity index (χ4n) is 3.40. The van der Waals surface area contributed by atoms with Gasteiger partial charge in [0.25, 0.3) is 0 Å². The maximum Gasteiger partial charge on any atom is 0.0495 e. The lowest BCUT2D eigenvalue weighted by Crippen LogP contribution is -2.36. The fraction of sp³-hybridized carbons (Fsp3) is 0.600. The van der Waals surface area contributed by atoms with Gasteiger partial charge in [0.2, 0.25) is 0 Å². The zero-order chi connectivity index (χ0) is 13.2. The van der Waals surface area contributed by atoms with Gasteiger partial charge in [-0.2, -0.15) is 0 Å². The average molecular weight is 299 g/mol. The molecule has 1 aromatic carbocycles. The number of nitrogens with zero attached hydrogens (tertiary/aromatic N) is 2. The van der Waals surface area contributed by atoms with Gasteiger partial charge in [-0.25, -0.2) is 0 Å². The number of hydrogen-bond donors (Lipinski definition) is 0. The summed E-state index contributed by atoms with van der Waals surface area (Å²) in [5.74, 6) is 0.529. The summed E-state index contributed by atoms with van der Waals surface area (Å²) in [6.07, 6.45) is 3.92. The first kappa shape index (κ1) is 13.5. The van der Waals surface area contributed by atoms with Crippen molar-refractivity contribution in [2.24, 2.45) is 0 Å². The molecule has 0 N–H and O–H groups in total. The van der Waals surface area contributed by atoms with Gasteiger partial charge in [-0.05, 0) is 49.6 Å². The molecule has 2 aliphatic heterocycles. The number of alkyl halides is 1. The van der Waals surface area contributed by atoms with Crippen LogP contribution in [0.25, 0.3) is 0 Å². The molecule has 0 saturated carbocycles. The molecule has 104 valence electrons. The van der Waals surface area contributed by atoms with Crippen LogP contribution < -0.4 is 4.90 Å². The summed E-state index contributed by atoms with van der Waals surface area (Å²) in [5, 5.41) is 0.775. The van der Waals surface area contributed by atoms with E-state index < -0.39 is 0 Å². The molecule has 19 heavy (non-hydrogen) atoms. The Kier molecular flexibility index (Phi) is 4.21. The third-order valence-corrected chi connectivity index (χ3v) is 4.85. The third-order valence-electron chi connectivity index (χ3n) is 4.33. The smallest absolute Gasteiger partial charge is 0.0495 e. The molecule has 0 bridgehead atoms. The van der Waals surface area contributed by atoms with Crippen LogP contribution in [0.5, 0.6) is 0 Å². The highest BCUT2D eigenvalue weighted by molar-refractivity contribution is 6.30. The van der Waals surface area contributed by atoms with Crippen LogP contribution >= 0.6 is 23.2 Å². The van der Waals surface area contributed by atoms with E-state index in [0.717, 1.165) is 29.7 Å². The summed E-state index contributed by atoms with van der Waals surface area (Å²) < 4.78 is 0. The van der Waals surface area contributed by atoms with Crippen LogP contribution in [0.4, 0.5) is 5.69 Å². The molecule has 2 saturated heterocycles. The minimum atomic E-state index is 0.529. The number of rotatable bonds is 2. The molecule has 0 radical (unpaired) electrons. The van der Waals surface area contributed by atoms with Crippen molar-refractivity contribution in [3.8, 4) is 0 Å². The number of anilines is 1. The number of hydrogen-bond acceptors (Lipinski definition) is 2. The molecule has 3 rings (SSSR count). The first-order valence-electron chi connectivity index (χ1n) is 7.11. The number of benzene rings is 1. The van der Waals surface area contributed by atoms with Crippen LogP contribution in [0, 0.1) is 0 Å². The molecule has 2 nitrogen and oxygen atoms in total. The van der Waals surface area contributed by atoms with Crippen molar-refractivity contribution in [1.82, 2.24) is 4.90 Å². The average Bonchev–Trinajstić information content (AvgIpc) is 2.76. The van der Waals surface area contributed by atoms with E-state index in [1.54, 1.807) is 0 Å². The molecular weight excluding hydrogens is 279 g/mol. The molecule has 0 spiro atoms. The van der Waals surface area contributed by atoms with Gasteiger partial charge in [0.1, 0.15) is 0 Å². The summed E-state index contributed by atoms with van der Waals surface area (Å²) >= 11 is 12.2. The second kappa shape index (κ2) is 5.90. The van der Waals surface area contributed by atoms with E-state index in [4.69, 9.17) is 23.2 Å². The summed E-state index contributed by atoms with van der Waals surface area (Å²) in [6.45, 7) is 4.77. The SMILES string of the molecule is ClCc1cc(Cl)ccc1N1CCCN2CCCC2C1. The molecule has 2 aliphatic rings. The van der Waals surface area contributed by atoms with E-state index in [-0.39, 0.29) is 0 Å². The van der Waals surface area contributed by atoms with Crippen molar-refractivity contribution in [3.05, 3.63) is 28.8 Å². The largest absolute Gasteiger partial charge is 0.370 e. The van der Waals surface area contributed by atoms with Gasteiger partial charge in [0.05, 0.1) is 0 Å². The highest BCUT2D eigenvalue weighted by Gasteiger charge is 2.29. The molecule has 2 fully saturated rings. The molecule has 1 aromatic rings. The fourth-order valence-corrected chi connectivity index (χ4v) is 3.80. The summed E-state index contributed by atoms with van der Waals surface area (Å²) in [7, 11) is 0. The van der Waals surface area contributed by atoms with Gasteiger partial charge in [-0.1, -0.05) is 11.6 Å². The normalized spacial score (nSPS) is 24.3. The molecule has 2 heterocycles. The Morgan fingerprint density at radius 1 is 1.16 bits per heavy atom. The quantitative estimate of drug-likeness (QED) is 0.767. The molecule has 0 amide bonds. The van der Waals surface area contributed by atoms with Crippen molar-refractivity contribution in [1.29, 1.82) is 0 Å². The van der Waals surface area contributed by atoms with E-state index in [0.29, 0.717) is 5.88 Å². The molecule has 4 heteroatoms. The van der Waals surface area contributed by atoms with Gasteiger partial charge in [-0.3, -0.25) is 4.90 Å².